The molecule has 0 saturated carbocycles. The molecule has 4 aromatic rings. The molecule has 3 heterocycles. The topological polar surface area (TPSA) is 97.1 Å². The molecule has 3 aromatic carbocycles. The third kappa shape index (κ3) is 4.95. The van der Waals surface area contributed by atoms with Crippen LogP contribution in [0.5, 0.6) is 5.75 Å². The van der Waals surface area contributed by atoms with Crippen LogP contribution in [-0.4, -0.2) is 64.7 Å². The number of hydrogen-bond acceptors (Lipinski definition) is 6. The number of halogens is 3. The first-order chi connectivity index (χ1) is 20.1. The van der Waals surface area contributed by atoms with Gasteiger partial charge in [-0.1, -0.05) is 41.4 Å². The summed E-state index contributed by atoms with van der Waals surface area (Å²) in [7, 11) is 3.56. The summed E-state index contributed by atoms with van der Waals surface area (Å²) in [6.45, 7) is 0.952. The van der Waals surface area contributed by atoms with Crippen molar-refractivity contribution in [3.63, 3.8) is 0 Å². The fourth-order valence-electron chi connectivity index (χ4n) is 5.16. The molecule has 6 rings (SSSR count). The third-order valence-electron chi connectivity index (χ3n) is 7.56. The smallest absolute Gasteiger partial charge is 0.337 e. The van der Waals surface area contributed by atoms with Crippen LogP contribution < -0.4 is 9.64 Å². The molecule has 0 aliphatic carbocycles. The highest BCUT2D eigenvalue weighted by Gasteiger charge is 2.31. The summed E-state index contributed by atoms with van der Waals surface area (Å²) in [4.78, 5) is 28.7. The molecule has 1 fully saturated rings. The van der Waals surface area contributed by atoms with E-state index in [1.807, 2.05) is 6.20 Å². The zero-order chi connectivity index (χ0) is 29.7. The van der Waals surface area contributed by atoms with Gasteiger partial charge >= 0.3 is 5.97 Å². The number of aryl methyl sites for hydroxylation is 1. The molecule has 0 spiro atoms. The maximum Gasteiger partial charge on any atom is 0.337 e. The minimum Gasteiger partial charge on any atom is -0.478 e. The van der Waals surface area contributed by atoms with Crippen molar-refractivity contribution in [3.05, 3.63) is 87.4 Å². The molecule has 0 unspecified atom stereocenters. The van der Waals surface area contributed by atoms with E-state index in [1.165, 1.54) is 11.0 Å². The Morgan fingerprint density at radius 3 is 2.45 bits per heavy atom. The van der Waals surface area contributed by atoms with E-state index in [9.17, 15) is 14.7 Å². The fourth-order valence-corrected chi connectivity index (χ4v) is 5.81. The lowest BCUT2D eigenvalue weighted by molar-refractivity contribution is 0.0100. The number of anilines is 1. The lowest BCUT2D eigenvalue weighted by Gasteiger charge is -2.37. The molecule has 2 aliphatic rings. The van der Waals surface area contributed by atoms with E-state index in [-0.39, 0.29) is 46.1 Å². The minimum absolute atomic E-state index is 0.0148. The van der Waals surface area contributed by atoms with Crippen molar-refractivity contribution in [2.75, 3.05) is 31.9 Å². The Bertz CT molecular complexity index is 1720. The SMILES string of the molecule is CN(c1cc(-c2cccc3c2OCN(C(=O)c2c(Cl)cc(-c4cnn(C)c4)cc2Cl)C3)c(F)cc1C(=O)O)C1COC1. The summed E-state index contributed by atoms with van der Waals surface area (Å²) in [5, 5.41) is 14.3. The number of amides is 1. The Balaban J connectivity index is 1.31. The number of carboxylic acids is 1. The second-order valence-corrected chi connectivity index (χ2v) is 11.1. The van der Waals surface area contributed by atoms with E-state index in [0.717, 1.165) is 17.2 Å². The number of likely N-dealkylation sites (N-methyl/N-ethyl adjacent to an activating group) is 1. The van der Waals surface area contributed by atoms with Crippen LogP contribution in [-0.2, 0) is 18.3 Å². The van der Waals surface area contributed by atoms with E-state index >= 15 is 4.39 Å². The molecule has 12 heteroatoms. The van der Waals surface area contributed by atoms with Gasteiger partial charge in [0.1, 0.15) is 11.6 Å². The van der Waals surface area contributed by atoms with Gasteiger partial charge in [-0.15, -0.1) is 0 Å². The summed E-state index contributed by atoms with van der Waals surface area (Å²) in [5.74, 6) is -1.93. The van der Waals surface area contributed by atoms with E-state index in [2.05, 4.69) is 5.10 Å². The van der Waals surface area contributed by atoms with E-state index < -0.39 is 17.7 Å². The lowest BCUT2D eigenvalue weighted by Crippen LogP contribution is -2.47. The maximum atomic E-state index is 15.4. The number of carbonyl (C=O) groups is 2. The van der Waals surface area contributed by atoms with Crippen molar-refractivity contribution in [3.8, 4) is 28.0 Å². The van der Waals surface area contributed by atoms with Gasteiger partial charge in [0.25, 0.3) is 5.91 Å². The van der Waals surface area contributed by atoms with Crippen molar-refractivity contribution in [1.29, 1.82) is 0 Å². The molecule has 1 amide bonds. The first kappa shape index (κ1) is 28.0. The van der Waals surface area contributed by atoms with Crippen molar-refractivity contribution in [2.24, 2.45) is 7.05 Å². The number of fused-ring (bicyclic) bond motifs is 1. The van der Waals surface area contributed by atoms with Crippen LogP contribution in [0.15, 0.2) is 54.9 Å². The Hall–Kier alpha value is -4.12. The molecule has 9 nitrogen and oxygen atoms in total. The van der Waals surface area contributed by atoms with Crippen LogP contribution in [0, 0.1) is 5.82 Å². The number of rotatable bonds is 6. The second-order valence-electron chi connectivity index (χ2n) is 10.2. The van der Waals surface area contributed by atoms with Crippen LogP contribution in [0.4, 0.5) is 10.1 Å². The predicted molar refractivity (Wildman–Crippen MR) is 156 cm³/mol. The number of benzene rings is 3. The van der Waals surface area contributed by atoms with Gasteiger partial charge in [0.15, 0.2) is 6.73 Å². The second kappa shape index (κ2) is 10.9. The van der Waals surface area contributed by atoms with Gasteiger partial charge < -0.3 is 24.4 Å². The van der Waals surface area contributed by atoms with Crippen LogP contribution in [0.25, 0.3) is 22.3 Å². The Morgan fingerprint density at radius 2 is 1.83 bits per heavy atom. The number of nitrogens with zero attached hydrogens (tertiary/aromatic N) is 4. The highest BCUT2D eigenvalue weighted by Crippen LogP contribution is 2.41. The van der Waals surface area contributed by atoms with Crippen LogP contribution in [0.3, 0.4) is 0 Å². The Labute approximate surface area is 250 Å². The number of carbonyl (C=O) groups excluding carboxylic acids is 1. The Kier molecular flexibility index (Phi) is 7.30. The number of aromatic nitrogens is 2. The molecular weight excluding hydrogens is 586 g/mol. The summed E-state index contributed by atoms with van der Waals surface area (Å²) in [6.07, 6.45) is 3.49. The molecule has 2 aliphatic heterocycles. The largest absolute Gasteiger partial charge is 0.478 e. The summed E-state index contributed by atoms with van der Waals surface area (Å²) < 4.78 is 28.4. The standard InChI is InChI=1S/C30H25Cl2FN4O5/c1-35-11-18(10-34-35)17-6-23(31)27(24(32)7-17)29(38)37-12-16-4-3-5-20(28(16)42-15-37)21-9-26(36(2)19-13-41-14-19)22(30(39)40)8-25(21)33/h3-11,19H,12-15H2,1-2H3,(H,39,40). The van der Waals surface area contributed by atoms with Crippen LogP contribution in [0.1, 0.15) is 26.3 Å². The van der Waals surface area contributed by atoms with Crippen molar-refractivity contribution in [1.82, 2.24) is 14.7 Å². The quantitative estimate of drug-likeness (QED) is 0.298. The first-order valence-corrected chi connectivity index (χ1v) is 13.8. The van der Waals surface area contributed by atoms with Gasteiger partial charge in [0.2, 0.25) is 0 Å². The van der Waals surface area contributed by atoms with Crippen molar-refractivity contribution in [2.45, 2.75) is 12.6 Å². The van der Waals surface area contributed by atoms with Gasteiger partial charge in [-0.05, 0) is 29.8 Å². The van der Waals surface area contributed by atoms with E-state index in [4.69, 9.17) is 32.7 Å². The number of aromatic carboxylic acids is 1. The molecule has 1 aromatic heterocycles. The lowest BCUT2D eigenvalue weighted by atomic mass is 9.96. The molecule has 42 heavy (non-hydrogen) atoms. The average Bonchev–Trinajstić information content (AvgIpc) is 3.37. The number of para-hydroxylation sites is 1. The van der Waals surface area contributed by atoms with Gasteiger partial charge in [0.05, 0.1) is 58.9 Å². The van der Waals surface area contributed by atoms with Crippen LogP contribution in [0.2, 0.25) is 10.0 Å². The third-order valence-corrected chi connectivity index (χ3v) is 8.15. The molecule has 216 valence electrons. The van der Waals surface area contributed by atoms with E-state index in [1.54, 1.807) is 60.2 Å². The normalized spacial score (nSPS) is 14.6. The van der Waals surface area contributed by atoms with Gasteiger partial charge in [-0.3, -0.25) is 9.48 Å². The molecule has 0 radical (unpaired) electrons. The monoisotopic (exact) mass is 610 g/mol. The van der Waals surface area contributed by atoms with Gasteiger partial charge in [-0.2, -0.15) is 5.10 Å². The summed E-state index contributed by atoms with van der Waals surface area (Å²) >= 11 is 13.1. The molecule has 1 N–H and O–H groups in total. The summed E-state index contributed by atoms with van der Waals surface area (Å²) in [5.41, 5.74) is 3.20. The number of carboxylic acid groups (broad SMARTS) is 1. The minimum atomic E-state index is -1.23. The van der Waals surface area contributed by atoms with Crippen molar-refractivity contribution >= 4 is 40.8 Å². The zero-order valence-electron chi connectivity index (χ0n) is 22.6. The van der Waals surface area contributed by atoms with E-state index in [0.29, 0.717) is 35.8 Å². The molecule has 1 saturated heterocycles. The highest BCUT2D eigenvalue weighted by atomic mass is 35.5. The first-order valence-electron chi connectivity index (χ1n) is 13.0. The van der Waals surface area contributed by atoms with Gasteiger partial charge in [-0.25, -0.2) is 9.18 Å². The maximum absolute atomic E-state index is 15.4. The number of ether oxygens (including phenoxy) is 2. The fraction of sp³-hybridized carbons (Fsp3) is 0.233. The molecule has 0 bridgehead atoms. The van der Waals surface area contributed by atoms with Crippen molar-refractivity contribution < 1.29 is 28.6 Å². The van der Waals surface area contributed by atoms with Crippen LogP contribution >= 0.6 is 23.2 Å². The Morgan fingerprint density at radius 1 is 1.10 bits per heavy atom. The number of hydrogen-bond donors (Lipinski definition) is 1. The average molecular weight is 611 g/mol. The highest BCUT2D eigenvalue weighted by molar-refractivity contribution is 6.40. The zero-order valence-corrected chi connectivity index (χ0v) is 24.1. The van der Waals surface area contributed by atoms with Gasteiger partial charge in [0, 0.05) is 42.5 Å². The summed E-state index contributed by atoms with van der Waals surface area (Å²) in [6, 6.07) is 11.1. The molecular formula is C30H25Cl2FN4O5. The molecule has 0 atom stereocenters. The predicted octanol–water partition coefficient (Wildman–Crippen LogP) is 5.73.